The number of carboxylic acid groups (broad SMARTS) is 1. The van der Waals surface area contributed by atoms with Crippen LogP contribution in [-0.2, 0) is 9.53 Å². The van der Waals surface area contributed by atoms with Gasteiger partial charge in [0.1, 0.15) is 0 Å². The summed E-state index contributed by atoms with van der Waals surface area (Å²) in [5.74, 6) is 4.36. The summed E-state index contributed by atoms with van der Waals surface area (Å²) < 4.78 is 6.02. The predicted molar refractivity (Wildman–Crippen MR) is 198 cm³/mol. The van der Waals surface area contributed by atoms with Crippen LogP contribution in [0.3, 0.4) is 0 Å². The van der Waals surface area contributed by atoms with Crippen LogP contribution in [0.25, 0.3) is 0 Å². The standard InChI is InChI=1S/C44H68N2O3/c1-27(2)31-14-19-44(46-23-22-45-25-35-32-24-30(32)26-49-35)21-20-42(6)34(38(31)44)12-13-37-41(5)17-15-33(28-8-10-29(11-9-28)39(47)48)40(3,4)36(41)16-18-43(37,42)7/h8,15,29-32,34-38,45-46H,1,9-14,16-26H2,2-7H3,(H,47,48). The van der Waals surface area contributed by atoms with Gasteiger partial charge in [0.05, 0.1) is 18.6 Å². The van der Waals surface area contributed by atoms with Crippen LogP contribution in [0.4, 0.5) is 0 Å². The van der Waals surface area contributed by atoms with Crippen molar-refractivity contribution in [3.05, 3.63) is 35.5 Å². The van der Waals surface area contributed by atoms with Crippen molar-refractivity contribution in [2.24, 2.45) is 69.0 Å². The van der Waals surface area contributed by atoms with Crippen molar-refractivity contribution in [2.75, 3.05) is 26.2 Å². The van der Waals surface area contributed by atoms with E-state index >= 15 is 0 Å². The quantitative estimate of drug-likeness (QED) is 0.169. The van der Waals surface area contributed by atoms with Gasteiger partial charge in [-0.25, -0.2) is 0 Å². The van der Waals surface area contributed by atoms with Gasteiger partial charge in [0, 0.05) is 25.2 Å². The average Bonchev–Trinajstić information content (AvgIpc) is 3.56. The smallest absolute Gasteiger partial charge is 0.306 e. The monoisotopic (exact) mass is 673 g/mol. The number of hydrogen-bond donors (Lipinski definition) is 3. The highest BCUT2D eigenvalue weighted by atomic mass is 16.5. The van der Waals surface area contributed by atoms with Crippen molar-refractivity contribution in [2.45, 2.75) is 137 Å². The minimum absolute atomic E-state index is 0.119. The van der Waals surface area contributed by atoms with E-state index in [-0.39, 0.29) is 16.9 Å². The van der Waals surface area contributed by atoms with Crippen LogP contribution in [0.2, 0.25) is 0 Å². The zero-order chi connectivity index (χ0) is 34.6. The first-order valence-corrected chi connectivity index (χ1v) is 20.6. The van der Waals surface area contributed by atoms with Crippen molar-refractivity contribution in [3.8, 4) is 0 Å². The number of carbonyl (C=O) groups is 1. The van der Waals surface area contributed by atoms with Crippen LogP contribution in [0.15, 0.2) is 35.5 Å². The fraction of sp³-hybridized carbons (Fsp3) is 0.841. The second kappa shape index (κ2) is 12.1. The molecule has 272 valence electrons. The van der Waals surface area contributed by atoms with E-state index in [0.29, 0.717) is 46.5 Å². The second-order valence-electron chi connectivity index (χ2n) is 20.1. The summed E-state index contributed by atoms with van der Waals surface area (Å²) in [6.07, 6.45) is 21.0. The van der Waals surface area contributed by atoms with E-state index in [1.54, 1.807) is 5.57 Å². The van der Waals surface area contributed by atoms with Gasteiger partial charge in [-0.15, -0.1) is 0 Å². The molecule has 0 aromatic rings. The lowest BCUT2D eigenvalue weighted by Gasteiger charge is -2.72. The van der Waals surface area contributed by atoms with Crippen LogP contribution < -0.4 is 10.6 Å². The predicted octanol–water partition coefficient (Wildman–Crippen LogP) is 8.96. The molecule has 1 heterocycles. The lowest BCUT2D eigenvalue weighted by molar-refractivity contribution is -0.221. The van der Waals surface area contributed by atoms with Crippen molar-refractivity contribution < 1.29 is 14.6 Å². The van der Waals surface area contributed by atoms with Gasteiger partial charge in [-0.2, -0.15) is 0 Å². The summed E-state index contributed by atoms with van der Waals surface area (Å²) in [7, 11) is 0. The number of ether oxygens (including phenoxy) is 1. The molecule has 8 aliphatic rings. The van der Waals surface area contributed by atoms with E-state index < -0.39 is 5.97 Å². The first-order chi connectivity index (χ1) is 23.3. The Morgan fingerprint density at radius 2 is 1.78 bits per heavy atom. The number of aliphatic carboxylic acids is 1. The summed E-state index contributed by atoms with van der Waals surface area (Å²) in [5, 5.41) is 17.7. The molecule has 13 atom stereocenters. The van der Waals surface area contributed by atoms with Gasteiger partial charge < -0.3 is 20.5 Å². The minimum Gasteiger partial charge on any atom is -0.481 e. The topological polar surface area (TPSA) is 70.6 Å². The molecule has 0 spiro atoms. The van der Waals surface area contributed by atoms with Gasteiger partial charge >= 0.3 is 5.97 Å². The SMILES string of the molecule is C=C(C)C1CCC2(NCCNCC3OCC4CC43)CCC3(C)C(CCC4C5(C)CC=C(C6=CCC(C(=O)O)CC6)C(C)(C)C5CCC43C)C12. The molecule has 0 bridgehead atoms. The van der Waals surface area contributed by atoms with Crippen LogP contribution in [0.5, 0.6) is 0 Å². The van der Waals surface area contributed by atoms with Crippen LogP contribution in [-0.4, -0.2) is 49.0 Å². The van der Waals surface area contributed by atoms with Gasteiger partial charge in [-0.1, -0.05) is 58.9 Å². The average molecular weight is 673 g/mol. The first kappa shape index (κ1) is 34.6. The molecule has 0 aromatic carbocycles. The molecule has 5 heteroatoms. The zero-order valence-corrected chi connectivity index (χ0v) is 31.8. The normalized spacial score (nSPS) is 49.4. The Bertz CT molecular complexity index is 1410. The Hall–Kier alpha value is -1.43. The molecule has 5 nitrogen and oxygen atoms in total. The minimum atomic E-state index is -0.628. The largest absolute Gasteiger partial charge is 0.481 e. The lowest BCUT2D eigenvalue weighted by Crippen LogP contribution is -2.68. The molecule has 0 aromatic heterocycles. The van der Waals surface area contributed by atoms with Gasteiger partial charge in [0.2, 0.25) is 0 Å². The van der Waals surface area contributed by atoms with Crippen molar-refractivity contribution in [3.63, 3.8) is 0 Å². The number of hydrogen-bond acceptors (Lipinski definition) is 4. The van der Waals surface area contributed by atoms with Crippen LogP contribution >= 0.6 is 0 Å². The zero-order valence-electron chi connectivity index (χ0n) is 31.8. The fourth-order valence-electron chi connectivity index (χ4n) is 15.1. The number of fused-ring (bicyclic) bond motifs is 8. The maximum atomic E-state index is 11.7. The van der Waals surface area contributed by atoms with E-state index in [0.717, 1.165) is 62.8 Å². The maximum Gasteiger partial charge on any atom is 0.306 e. The summed E-state index contributed by atoms with van der Waals surface area (Å²) in [4.78, 5) is 11.7. The first-order valence-electron chi connectivity index (χ1n) is 20.6. The molecule has 1 aliphatic heterocycles. The third-order valence-corrected chi connectivity index (χ3v) is 17.9. The van der Waals surface area contributed by atoms with Gasteiger partial charge in [0.25, 0.3) is 0 Å². The molecular weight excluding hydrogens is 604 g/mol. The summed E-state index contributed by atoms with van der Waals surface area (Å²) in [6.45, 7) is 24.4. The summed E-state index contributed by atoms with van der Waals surface area (Å²) in [5.41, 5.74) is 5.80. The molecule has 0 amide bonds. The highest BCUT2D eigenvalue weighted by Gasteiger charge is 2.70. The van der Waals surface area contributed by atoms with Crippen molar-refractivity contribution >= 4 is 5.97 Å². The fourth-order valence-corrected chi connectivity index (χ4v) is 15.1. The number of rotatable bonds is 9. The molecule has 3 N–H and O–H groups in total. The van der Waals surface area contributed by atoms with Crippen LogP contribution in [0.1, 0.15) is 125 Å². The molecule has 13 unspecified atom stereocenters. The molecule has 6 fully saturated rings. The molecule has 49 heavy (non-hydrogen) atoms. The highest BCUT2D eigenvalue weighted by Crippen LogP contribution is 2.76. The van der Waals surface area contributed by atoms with E-state index in [4.69, 9.17) is 4.74 Å². The molecule has 5 saturated carbocycles. The van der Waals surface area contributed by atoms with Crippen LogP contribution in [0, 0.1) is 69.0 Å². The third-order valence-electron chi connectivity index (χ3n) is 17.9. The van der Waals surface area contributed by atoms with Gasteiger partial charge in [-0.3, -0.25) is 4.79 Å². The Kier molecular flexibility index (Phi) is 8.52. The van der Waals surface area contributed by atoms with Crippen molar-refractivity contribution in [1.29, 1.82) is 0 Å². The van der Waals surface area contributed by atoms with Gasteiger partial charge in [-0.05, 0) is 165 Å². The Morgan fingerprint density at radius 1 is 0.959 bits per heavy atom. The molecule has 1 saturated heterocycles. The number of nitrogens with one attached hydrogen (secondary N) is 2. The Balaban J connectivity index is 1.01. The van der Waals surface area contributed by atoms with Crippen molar-refractivity contribution in [1.82, 2.24) is 10.6 Å². The third kappa shape index (κ3) is 5.19. The highest BCUT2D eigenvalue weighted by molar-refractivity contribution is 5.70. The Labute approximate surface area is 297 Å². The molecule has 0 radical (unpaired) electrons. The second-order valence-corrected chi connectivity index (χ2v) is 20.1. The lowest BCUT2D eigenvalue weighted by atomic mass is 9.33. The van der Waals surface area contributed by atoms with E-state index in [1.165, 1.54) is 75.4 Å². The molecule has 7 aliphatic carbocycles. The van der Waals surface area contributed by atoms with E-state index in [2.05, 4.69) is 70.9 Å². The van der Waals surface area contributed by atoms with Gasteiger partial charge in [0.15, 0.2) is 0 Å². The molecular formula is C44H68N2O3. The summed E-state index contributed by atoms with van der Waals surface area (Å²) >= 11 is 0. The summed E-state index contributed by atoms with van der Waals surface area (Å²) in [6, 6.07) is 0. The maximum absolute atomic E-state index is 11.7. The number of carboxylic acids is 1. The van der Waals surface area contributed by atoms with E-state index in [1.807, 2.05) is 0 Å². The Morgan fingerprint density at radius 3 is 2.45 bits per heavy atom. The van der Waals surface area contributed by atoms with E-state index in [9.17, 15) is 9.90 Å². The molecule has 8 rings (SSSR count). The number of allylic oxidation sites excluding steroid dienone is 5.